The van der Waals surface area contributed by atoms with E-state index in [0.29, 0.717) is 6.61 Å². The smallest absolute Gasteiger partial charge is 0.0558 e. The maximum atomic E-state index is 9.06. The SMILES string of the molecule is CCCNC1CCC(N2CCCN(CCO)CC2)CC1. The molecule has 2 aliphatic rings. The summed E-state index contributed by atoms with van der Waals surface area (Å²) in [5.74, 6) is 0. The van der Waals surface area contributed by atoms with Crippen LogP contribution in [0.1, 0.15) is 45.4 Å². The van der Waals surface area contributed by atoms with Crippen LogP contribution in [0.5, 0.6) is 0 Å². The largest absolute Gasteiger partial charge is 0.395 e. The quantitative estimate of drug-likeness (QED) is 0.771. The van der Waals surface area contributed by atoms with Crippen molar-refractivity contribution in [3.8, 4) is 0 Å². The summed E-state index contributed by atoms with van der Waals surface area (Å²) in [6, 6.07) is 1.58. The average Bonchev–Trinajstić information content (AvgIpc) is 2.72. The van der Waals surface area contributed by atoms with Gasteiger partial charge in [-0.25, -0.2) is 0 Å². The van der Waals surface area contributed by atoms with Crippen LogP contribution in [0.3, 0.4) is 0 Å². The summed E-state index contributed by atoms with van der Waals surface area (Å²) in [6.45, 7) is 9.30. The number of nitrogens with zero attached hydrogens (tertiary/aromatic N) is 2. The summed E-state index contributed by atoms with van der Waals surface area (Å²) in [4.78, 5) is 5.13. The molecule has 1 aliphatic carbocycles. The minimum atomic E-state index is 0.300. The predicted octanol–water partition coefficient (Wildman–Crippen LogP) is 1.30. The summed E-state index contributed by atoms with van der Waals surface area (Å²) in [5, 5.41) is 12.7. The van der Waals surface area contributed by atoms with Crippen LogP contribution in [-0.4, -0.2) is 72.9 Å². The van der Waals surface area contributed by atoms with Gasteiger partial charge in [0.05, 0.1) is 6.61 Å². The molecule has 0 bridgehead atoms. The normalized spacial score (nSPS) is 30.3. The lowest BCUT2D eigenvalue weighted by atomic mass is 9.90. The van der Waals surface area contributed by atoms with Gasteiger partial charge in [0.1, 0.15) is 0 Å². The Bertz CT molecular complexity index is 254. The summed E-state index contributed by atoms with van der Waals surface area (Å²) >= 11 is 0. The number of rotatable bonds is 6. The Labute approximate surface area is 124 Å². The first-order valence-electron chi connectivity index (χ1n) is 8.64. The molecule has 0 aromatic rings. The predicted molar refractivity (Wildman–Crippen MR) is 84.1 cm³/mol. The van der Waals surface area contributed by atoms with Gasteiger partial charge < -0.3 is 10.4 Å². The molecule has 0 aromatic carbocycles. The number of hydrogen-bond acceptors (Lipinski definition) is 4. The Morgan fingerprint density at radius 2 is 1.85 bits per heavy atom. The zero-order valence-corrected chi connectivity index (χ0v) is 13.2. The maximum Gasteiger partial charge on any atom is 0.0558 e. The van der Waals surface area contributed by atoms with Gasteiger partial charge in [-0.05, 0) is 58.2 Å². The van der Waals surface area contributed by atoms with Gasteiger partial charge >= 0.3 is 0 Å². The van der Waals surface area contributed by atoms with Crippen molar-refractivity contribution in [1.29, 1.82) is 0 Å². The first kappa shape index (κ1) is 16.2. The van der Waals surface area contributed by atoms with E-state index in [0.717, 1.165) is 31.7 Å². The van der Waals surface area contributed by atoms with Gasteiger partial charge in [0.2, 0.25) is 0 Å². The average molecular weight is 283 g/mol. The first-order valence-corrected chi connectivity index (χ1v) is 8.64. The Morgan fingerprint density at radius 1 is 1.05 bits per heavy atom. The molecular formula is C16H33N3O. The van der Waals surface area contributed by atoms with Crippen molar-refractivity contribution in [2.45, 2.75) is 57.5 Å². The summed E-state index contributed by atoms with van der Waals surface area (Å²) in [7, 11) is 0. The number of nitrogens with one attached hydrogen (secondary N) is 1. The van der Waals surface area contributed by atoms with E-state index in [9.17, 15) is 0 Å². The molecule has 2 rings (SSSR count). The molecule has 1 saturated heterocycles. The van der Waals surface area contributed by atoms with Gasteiger partial charge in [0.15, 0.2) is 0 Å². The Hall–Kier alpha value is -0.160. The molecule has 118 valence electrons. The molecule has 0 atom stereocenters. The van der Waals surface area contributed by atoms with E-state index in [1.807, 2.05) is 0 Å². The minimum absolute atomic E-state index is 0.300. The second-order valence-electron chi connectivity index (χ2n) is 6.41. The summed E-state index contributed by atoms with van der Waals surface area (Å²) < 4.78 is 0. The highest BCUT2D eigenvalue weighted by molar-refractivity contribution is 4.84. The molecule has 0 unspecified atom stereocenters. The molecule has 0 radical (unpaired) electrons. The molecule has 1 aliphatic heterocycles. The number of aliphatic hydroxyl groups excluding tert-OH is 1. The van der Waals surface area contributed by atoms with Crippen LogP contribution in [0.25, 0.3) is 0 Å². The van der Waals surface area contributed by atoms with Crippen molar-refractivity contribution < 1.29 is 5.11 Å². The third-order valence-corrected chi connectivity index (χ3v) is 4.94. The molecule has 0 amide bonds. The van der Waals surface area contributed by atoms with Crippen molar-refractivity contribution in [3.63, 3.8) is 0 Å². The van der Waals surface area contributed by atoms with Crippen LogP contribution in [0.4, 0.5) is 0 Å². The van der Waals surface area contributed by atoms with Crippen molar-refractivity contribution in [2.24, 2.45) is 0 Å². The van der Waals surface area contributed by atoms with Gasteiger partial charge in [0.25, 0.3) is 0 Å². The summed E-state index contributed by atoms with van der Waals surface area (Å²) in [6.07, 6.45) is 7.92. The fraction of sp³-hybridized carbons (Fsp3) is 1.00. The van der Waals surface area contributed by atoms with Crippen LogP contribution in [-0.2, 0) is 0 Å². The monoisotopic (exact) mass is 283 g/mol. The molecule has 2 fully saturated rings. The van der Waals surface area contributed by atoms with Crippen LogP contribution in [0.15, 0.2) is 0 Å². The van der Waals surface area contributed by atoms with Crippen molar-refractivity contribution in [1.82, 2.24) is 15.1 Å². The highest BCUT2D eigenvalue weighted by Gasteiger charge is 2.26. The van der Waals surface area contributed by atoms with E-state index in [2.05, 4.69) is 22.0 Å². The van der Waals surface area contributed by atoms with Crippen LogP contribution in [0, 0.1) is 0 Å². The van der Waals surface area contributed by atoms with Gasteiger partial charge in [0, 0.05) is 31.7 Å². The molecule has 0 spiro atoms. The first-order chi connectivity index (χ1) is 9.83. The third-order valence-electron chi connectivity index (χ3n) is 4.94. The van der Waals surface area contributed by atoms with Crippen LogP contribution in [0.2, 0.25) is 0 Å². The third kappa shape index (κ3) is 4.99. The van der Waals surface area contributed by atoms with Gasteiger partial charge in [-0.1, -0.05) is 6.92 Å². The standard InChI is InChI=1S/C16H33N3O/c1-2-8-17-15-4-6-16(7-5-15)19-10-3-9-18(11-12-19)13-14-20/h15-17,20H,2-14H2,1H3. The van der Waals surface area contributed by atoms with E-state index in [1.165, 1.54) is 58.2 Å². The Balaban J connectivity index is 1.70. The maximum absolute atomic E-state index is 9.06. The van der Waals surface area contributed by atoms with Crippen molar-refractivity contribution in [2.75, 3.05) is 45.9 Å². The van der Waals surface area contributed by atoms with E-state index in [1.54, 1.807) is 0 Å². The molecular weight excluding hydrogens is 250 g/mol. The molecule has 1 heterocycles. The Kier molecular flexibility index (Phi) is 7.28. The topological polar surface area (TPSA) is 38.7 Å². The fourth-order valence-electron chi connectivity index (χ4n) is 3.71. The molecule has 20 heavy (non-hydrogen) atoms. The number of aliphatic hydroxyl groups is 1. The second kappa shape index (κ2) is 8.98. The van der Waals surface area contributed by atoms with Crippen LogP contribution >= 0.6 is 0 Å². The highest BCUT2D eigenvalue weighted by Crippen LogP contribution is 2.24. The highest BCUT2D eigenvalue weighted by atomic mass is 16.3. The lowest BCUT2D eigenvalue weighted by Crippen LogP contribution is -2.44. The van der Waals surface area contributed by atoms with Crippen LogP contribution < -0.4 is 5.32 Å². The molecule has 1 saturated carbocycles. The zero-order valence-electron chi connectivity index (χ0n) is 13.2. The van der Waals surface area contributed by atoms with Crippen molar-refractivity contribution in [3.05, 3.63) is 0 Å². The molecule has 2 N–H and O–H groups in total. The van der Waals surface area contributed by atoms with E-state index >= 15 is 0 Å². The summed E-state index contributed by atoms with van der Waals surface area (Å²) in [5.41, 5.74) is 0. The van der Waals surface area contributed by atoms with Gasteiger partial charge in [-0.2, -0.15) is 0 Å². The van der Waals surface area contributed by atoms with Gasteiger partial charge in [-0.3, -0.25) is 9.80 Å². The molecule has 4 heteroatoms. The van der Waals surface area contributed by atoms with E-state index < -0.39 is 0 Å². The zero-order chi connectivity index (χ0) is 14.2. The Morgan fingerprint density at radius 3 is 2.55 bits per heavy atom. The molecule has 0 aromatic heterocycles. The lowest BCUT2D eigenvalue weighted by molar-refractivity contribution is 0.143. The molecule has 4 nitrogen and oxygen atoms in total. The van der Waals surface area contributed by atoms with Crippen molar-refractivity contribution >= 4 is 0 Å². The lowest BCUT2D eigenvalue weighted by Gasteiger charge is -2.36. The van der Waals surface area contributed by atoms with E-state index in [4.69, 9.17) is 5.11 Å². The van der Waals surface area contributed by atoms with E-state index in [-0.39, 0.29) is 0 Å². The minimum Gasteiger partial charge on any atom is -0.395 e. The number of hydrogen-bond donors (Lipinski definition) is 2. The van der Waals surface area contributed by atoms with Gasteiger partial charge in [-0.15, -0.1) is 0 Å². The fourth-order valence-corrected chi connectivity index (χ4v) is 3.71. The number of β-amino-alcohol motifs (C(OH)–C–C–N with tert-alkyl or cyclic N) is 1. The second-order valence-corrected chi connectivity index (χ2v) is 6.41.